The average molecular weight is 254 g/mol. The fraction of sp³-hybridized carbons (Fsp3) is 0.867. The molecule has 104 valence electrons. The van der Waals surface area contributed by atoms with Crippen molar-refractivity contribution in [3.05, 3.63) is 12.7 Å². The number of hydrogen-bond acceptors (Lipinski definition) is 3. The van der Waals surface area contributed by atoms with Gasteiger partial charge in [-0.3, -0.25) is 0 Å². The number of rotatable bonds is 3. The fourth-order valence-electron chi connectivity index (χ4n) is 3.04. The monoisotopic (exact) mass is 254 g/mol. The summed E-state index contributed by atoms with van der Waals surface area (Å²) < 4.78 is 12.2. The molecule has 3 nitrogen and oxygen atoms in total. The fourth-order valence-corrected chi connectivity index (χ4v) is 3.04. The second kappa shape index (κ2) is 4.32. The third-order valence-corrected chi connectivity index (χ3v) is 4.53. The molecule has 0 aromatic rings. The lowest BCUT2D eigenvalue weighted by Crippen LogP contribution is -2.44. The molecule has 2 aliphatic rings. The van der Waals surface area contributed by atoms with Crippen LogP contribution in [0, 0.1) is 0 Å². The predicted molar refractivity (Wildman–Crippen MR) is 71.5 cm³/mol. The van der Waals surface area contributed by atoms with Gasteiger partial charge in [-0.1, -0.05) is 6.08 Å². The topological polar surface area (TPSA) is 38.7 Å². The Morgan fingerprint density at radius 3 is 2.33 bits per heavy atom. The Morgan fingerprint density at radius 1 is 1.22 bits per heavy atom. The molecule has 0 amide bonds. The molecule has 2 rings (SSSR count). The summed E-state index contributed by atoms with van der Waals surface area (Å²) in [5.41, 5.74) is -1.27. The standard InChI is InChI=1S/C15H26O3/c1-6-14(4)9-7-12(17-14)15(5)10-8-11(18-15)13(2,3)16/h6,11-12,16H,1,7-10H2,2-5H3/t11-,12-,14-,15+/m1/s1. The Hall–Kier alpha value is -0.380. The number of ether oxygens (including phenoxy) is 2. The van der Waals surface area contributed by atoms with Crippen molar-refractivity contribution in [3.63, 3.8) is 0 Å². The normalized spacial score (nSPS) is 45.4. The summed E-state index contributed by atoms with van der Waals surface area (Å²) in [6.07, 6.45) is 5.72. The third kappa shape index (κ3) is 2.49. The largest absolute Gasteiger partial charge is 0.388 e. The van der Waals surface area contributed by atoms with E-state index in [9.17, 15) is 5.11 Å². The van der Waals surface area contributed by atoms with Gasteiger partial charge in [0, 0.05) is 0 Å². The van der Waals surface area contributed by atoms with Gasteiger partial charge in [-0.15, -0.1) is 6.58 Å². The minimum atomic E-state index is -0.780. The van der Waals surface area contributed by atoms with Gasteiger partial charge in [0.25, 0.3) is 0 Å². The van der Waals surface area contributed by atoms with Crippen LogP contribution in [0.2, 0.25) is 0 Å². The highest BCUT2D eigenvalue weighted by Crippen LogP contribution is 2.44. The SMILES string of the molecule is C=C[C@]1(C)CC[C@H]([C@]2(C)CC[C@H](C(C)(C)O)O2)O1. The van der Waals surface area contributed by atoms with Gasteiger partial charge in [0.05, 0.1) is 29.0 Å². The molecule has 0 bridgehead atoms. The molecule has 3 heteroatoms. The van der Waals surface area contributed by atoms with Crippen LogP contribution in [0.5, 0.6) is 0 Å². The minimum absolute atomic E-state index is 0.0957. The van der Waals surface area contributed by atoms with Crippen LogP contribution in [0.15, 0.2) is 12.7 Å². The van der Waals surface area contributed by atoms with Gasteiger partial charge < -0.3 is 14.6 Å². The van der Waals surface area contributed by atoms with E-state index in [1.54, 1.807) is 0 Å². The van der Waals surface area contributed by atoms with E-state index in [-0.39, 0.29) is 23.4 Å². The predicted octanol–water partition coefficient (Wildman–Crippen LogP) is 2.82. The van der Waals surface area contributed by atoms with Crippen LogP contribution in [0.4, 0.5) is 0 Å². The molecule has 0 spiro atoms. The Bertz CT molecular complexity index is 333. The van der Waals surface area contributed by atoms with Crippen LogP contribution in [0.25, 0.3) is 0 Å². The van der Waals surface area contributed by atoms with Gasteiger partial charge in [-0.25, -0.2) is 0 Å². The van der Waals surface area contributed by atoms with Crippen LogP contribution in [-0.2, 0) is 9.47 Å². The highest BCUT2D eigenvalue weighted by Gasteiger charge is 2.51. The van der Waals surface area contributed by atoms with Crippen molar-refractivity contribution in [2.24, 2.45) is 0 Å². The molecule has 4 atom stereocenters. The zero-order valence-corrected chi connectivity index (χ0v) is 12.0. The van der Waals surface area contributed by atoms with Crippen LogP contribution in [0.1, 0.15) is 53.4 Å². The molecule has 0 saturated carbocycles. The summed E-state index contributed by atoms with van der Waals surface area (Å²) in [7, 11) is 0. The molecule has 2 saturated heterocycles. The lowest BCUT2D eigenvalue weighted by Gasteiger charge is -2.35. The van der Waals surface area contributed by atoms with Gasteiger partial charge >= 0.3 is 0 Å². The van der Waals surface area contributed by atoms with E-state index >= 15 is 0 Å². The van der Waals surface area contributed by atoms with Crippen molar-refractivity contribution in [1.29, 1.82) is 0 Å². The van der Waals surface area contributed by atoms with Gasteiger partial charge in [0.1, 0.15) is 0 Å². The van der Waals surface area contributed by atoms with E-state index in [1.807, 2.05) is 19.9 Å². The van der Waals surface area contributed by atoms with Crippen LogP contribution in [-0.4, -0.2) is 34.1 Å². The average Bonchev–Trinajstić information content (AvgIpc) is 2.84. The quantitative estimate of drug-likeness (QED) is 0.787. The molecule has 0 radical (unpaired) electrons. The molecule has 0 unspecified atom stereocenters. The Kier molecular flexibility index (Phi) is 3.37. The summed E-state index contributed by atoms with van der Waals surface area (Å²) >= 11 is 0. The van der Waals surface area contributed by atoms with Gasteiger partial charge in [-0.05, 0) is 53.4 Å². The highest BCUT2D eigenvalue weighted by atomic mass is 16.6. The first-order valence-corrected chi connectivity index (χ1v) is 6.90. The Morgan fingerprint density at radius 2 is 1.89 bits per heavy atom. The summed E-state index contributed by atoms with van der Waals surface area (Å²) in [6.45, 7) is 11.7. The van der Waals surface area contributed by atoms with Crippen molar-refractivity contribution < 1.29 is 14.6 Å². The molecule has 0 aliphatic carbocycles. The van der Waals surface area contributed by atoms with Crippen molar-refractivity contribution in [3.8, 4) is 0 Å². The van der Waals surface area contributed by atoms with E-state index < -0.39 is 5.60 Å². The maximum absolute atomic E-state index is 10.1. The molecule has 2 heterocycles. The molecule has 2 aliphatic heterocycles. The first kappa shape index (κ1) is 14.0. The van der Waals surface area contributed by atoms with Crippen molar-refractivity contribution in [2.75, 3.05) is 0 Å². The summed E-state index contributed by atoms with van der Waals surface area (Å²) in [6, 6.07) is 0. The molecular formula is C15H26O3. The van der Waals surface area contributed by atoms with Gasteiger partial charge in [0.15, 0.2) is 0 Å². The highest BCUT2D eigenvalue weighted by molar-refractivity contribution is 5.05. The maximum Gasteiger partial charge on any atom is 0.0921 e. The second-order valence-electron chi connectivity index (χ2n) is 6.77. The van der Waals surface area contributed by atoms with Crippen LogP contribution in [0.3, 0.4) is 0 Å². The summed E-state index contributed by atoms with van der Waals surface area (Å²) in [4.78, 5) is 0. The Labute approximate surface area is 110 Å². The van der Waals surface area contributed by atoms with Crippen molar-refractivity contribution >= 4 is 0 Å². The van der Waals surface area contributed by atoms with Crippen LogP contribution < -0.4 is 0 Å². The molecule has 2 fully saturated rings. The molecule has 18 heavy (non-hydrogen) atoms. The lowest BCUT2D eigenvalue weighted by molar-refractivity contribution is -0.168. The van der Waals surface area contributed by atoms with E-state index in [1.165, 1.54) is 0 Å². The van der Waals surface area contributed by atoms with E-state index in [4.69, 9.17) is 9.47 Å². The molecule has 1 N–H and O–H groups in total. The van der Waals surface area contributed by atoms with Gasteiger partial charge in [-0.2, -0.15) is 0 Å². The number of aliphatic hydroxyl groups is 1. The van der Waals surface area contributed by atoms with E-state index in [2.05, 4.69) is 20.4 Å². The summed E-state index contributed by atoms with van der Waals surface area (Å²) in [5, 5.41) is 10.1. The second-order valence-corrected chi connectivity index (χ2v) is 6.77. The van der Waals surface area contributed by atoms with Gasteiger partial charge in [0.2, 0.25) is 0 Å². The summed E-state index contributed by atoms with van der Waals surface area (Å²) in [5.74, 6) is 0. The molecule has 0 aromatic heterocycles. The smallest absolute Gasteiger partial charge is 0.0921 e. The van der Waals surface area contributed by atoms with E-state index in [0.29, 0.717) is 0 Å². The number of hydrogen-bond donors (Lipinski definition) is 1. The molecule has 0 aromatic carbocycles. The van der Waals surface area contributed by atoms with Crippen molar-refractivity contribution in [2.45, 2.75) is 82.4 Å². The zero-order chi connectivity index (χ0) is 13.6. The Balaban J connectivity index is 2.05. The minimum Gasteiger partial charge on any atom is -0.388 e. The first-order chi connectivity index (χ1) is 8.19. The molecular weight excluding hydrogens is 228 g/mol. The first-order valence-electron chi connectivity index (χ1n) is 6.90. The van der Waals surface area contributed by atoms with E-state index in [0.717, 1.165) is 25.7 Å². The maximum atomic E-state index is 10.1. The van der Waals surface area contributed by atoms with Crippen LogP contribution >= 0.6 is 0 Å². The third-order valence-electron chi connectivity index (χ3n) is 4.53. The zero-order valence-electron chi connectivity index (χ0n) is 12.0. The van der Waals surface area contributed by atoms with Crippen molar-refractivity contribution in [1.82, 2.24) is 0 Å². The lowest BCUT2D eigenvalue weighted by atomic mass is 9.91.